The van der Waals surface area contributed by atoms with Gasteiger partial charge in [-0.3, -0.25) is 0 Å². The second kappa shape index (κ2) is 7.60. The molecule has 0 saturated heterocycles. The Balaban J connectivity index is 2.03. The Hall–Kier alpha value is -2.49. The first-order valence-electron chi connectivity index (χ1n) is 7.01. The quantitative estimate of drug-likeness (QED) is 0.780. The molecule has 0 spiro atoms. The normalized spacial score (nSPS) is 11.1. The fourth-order valence-electron chi connectivity index (χ4n) is 1.97. The maximum Gasteiger partial charge on any atom is 0.446 e. The highest BCUT2D eigenvalue weighted by atomic mass is 32.2. The van der Waals surface area contributed by atoms with Crippen LogP contribution in [-0.2, 0) is 0 Å². The zero-order valence-corrected chi connectivity index (χ0v) is 14.4. The van der Waals surface area contributed by atoms with E-state index in [1.165, 1.54) is 31.4 Å². The van der Waals surface area contributed by atoms with Crippen LogP contribution in [0.3, 0.4) is 0 Å². The van der Waals surface area contributed by atoms with Gasteiger partial charge in [-0.05, 0) is 49.9 Å². The number of halogens is 3. The number of carbonyl (C=O) groups excluding carboxylic acids is 1. The molecule has 0 radical (unpaired) electrons. The summed E-state index contributed by atoms with van der Waals surface area (Å²) < 4.78 is 41.8. The molecule has 25 heavy (non-hydrogen) atoms. The Morgan fingerprint density at radius 1 is 1.08 bits per heavy atom. The molecule has 10 heteroatoms. The van der Waals surface area contributed by atoms with E-state index in [2.05, 4.69) is 20.6 Å². The SMILES string of the molecule is COc1nc(C)c(NC(=O)Nc2ccc(SC(F)(F)F)cc2)c(C)n1. The van der Waals surface area contributed by atoms with E-state index in [9.17, 15) is 18.0 Å². The second-order valence-electron chi connectivity index (χ2n) is 4.91. The van der Waals surface area contributed by atoms with E-state index in [-0.39, 0.29) is 22.7 Å². The number of carbonyl (C=O) groups is 1. The maximum absolute atomic E-state index is 12.3. The van der Waals surface area contributed by atoms with Crippen LogP contribution < -0.4 is 15.4 Å². The standard InChI is InChI=1S/C15H15F3N4O2S/c1-8-12(9(2)20-14(19-8)24-3)22-13(23)21-10-4-6-11(7-5-10)25-15(16,17)18/h4-7H,1-3H3,(H2,21,22,23). The molecule has 1 aromatic heterocycles. The van der Waals surface area contributed by atoms with Gasteiger partial charge in [0.05, 0.1) is 24.2 Å². The van der Waals surface area contributed by atoms with Gasteiger partial charge < -0.3 is 15.4 Å². The molecular weight excluding hydrogens is 357 g/mol. The molecule has 2 amide bonds. The Labute approximate surface area is 146 Å². The zero-order valence-electron chi connectivity index (χ0n) is 13.6. The number of alkyl halides is 3. The smallest absolute Gasteiger partial charge is 0.446 e. The Morgan fingerprint density at radius 2 is 1.64 bits per heavy atom. The van der Waals surface area contributed by atoms with Crippen LogP contribution >= 0.6 is 11.8 Å². The van der Waals surface area contributed by atoms with Gasteiger partial charge in [0.25, 0.3) is 0 Å². The minimum atomic E-state index is -4.35. The fraction of sp³-hybridized carbons (Fsp3) is 0.267. The Bertz CT molecular complexity index is 743. The van der Waals surface area contributed by atoms with Crippen molar-refractivity contribution in [1.82, 2.24) is 9.97 Å². The molecule has 0 aliphatic rings. The predicted octanol–water partition coefficient (Wildman–Crippen LogP) is 4.36. The number of ether oxygens (including phenoxy) is 1. The number of aromatic nitrogens is 2. The van der Waals surface area contributed by atoms with Gasteiger partial charge in [0.1, 0.15) is 0 Å². The summed E-state index contributed by atoms with van der Waals surface area (Å²) in [5.74, 6) is 0. The van der Waals surface area contributed by atoms with E-state index < -0.39 is 11.5 Å². The highest BCUT2D eigenvalue weighted by Crippen LogP contribution is 2.37. The monoisotopic (exact) mass is 372 g/mol. The number of nitrogens with one attached hydrogen (secondary N) is 2. The van der Waals surface area contributed by atoms with Gasteiger partial charge in [-0.15, -0.1) is 0 Å². The summed E-state index contributed by atoms with van der Waals surface area (Å²) in [5.41, 5.74) is -2.51. The van der Waals surface area contributed by atoms with Gasteiger partial charge >= 0.3 is 17.5 Å². The minimum Gasteiger partial charge on any atom is -0.467 e. The molecule has 0 aliphatic carbocycles. The molecule has 6 nitrogen and oxygen atoms in total. The van der Waals surface area contributed by atoms with Crippen molar-refractivity contribution < 1.29 is 22.7 Å². The van der Waals surface area contributed by atoms with Crippen molar-refractivity contribution in [2.45, 2.75) is 24.3 Å². The van der Waals surface area contributed by atoms with Crippen molar-refractivity contribution in [3.05, 3.63) is 35.7 Å². The van der Waals surface area contributed by atoms with E-state index in [1.54, 1.807) is 13.8 Å². The van der Waals surface area contributed by atoms with E-state index in [0.717, 1.165) is 0 Å². The number of thioether (sulfide) groups is 1. The van der Waals surface area contributed by atoms with Gasteiger partial charge in [-0.2, -0.15) is 23.1 Å². The van der Waals surface area contributed by atoms with E-state index in [1.807, 2.05) is 0 Å². The molecule has 0 saturated carbocycles. The summed E-state index contributed by atoms with van der Waals surface area (Å²) in [6.45, 7) is 3.38. The Morgan fingerprint density at radius 3 is 2.12 bits per heavy atom. The van der Waals surface area contributed by atoms with E-state index in [0.29, 0.717) is 22.8 Å². The van der Waals surface area contributed by atoms with Gasteiger partial charge in [0.2, 0.25) is 0 Å². The molecule has 2 rings (SSSR count). The third kappa shape index (κ3) is 5.52. The largest absolute Gasteiger partial charge is 0.467 e. The highest BCUT2D eigenvalue weighted by molar-refractivity contribution is 8.00. The second-order valence-corrected chi connectivity index (χ2v) is 6.05. The lowest BCUT2D eigenvalue weighted by atomic mass is 10.3. The van der Waals surface area contributed by atoms with Crippen molar-refractivity contribution in [3.63, 3.8) is 0 Å². The number of hydrogen-bond acceptors (Lipinski definition) is 5. The number of urea groups is 1. The third-order valence-electron chi connectivity index (χ3n) is 3.02. The van der Waals surface area contributed by atoms with Crippen LogP contribution in [0.25, 0.3) is 0 Å². The van der Waals surface area contributed by atoms with Crippen molar-refractivity contribution in [2.24, 2.45) is 0 Å². The average molecular weight is 372 g/mol. The van der Waals surface area contributed by atoms with Crippen LogP contribution in [0.2, 0.25) is 0 Å². The topological polar surface area (TPSA) is 76.1 Å². The molecule has 0 aliphatic heterocycles. The number of anilines is 2. The van der Waals surface area contributed by atoms with Gasteiger partial charge in [-0.1, -0.05) is 0 Å². The number of nitrogens with zero attached hydrogens (tertiary/aromatic N) is 2. The lowest BCUT2D eigenvalue weighted by Gasteiger charge is -2.12. The van der Waals surface area contributed by atoms with Crippen molar-refractivity contribution in [1.29, 1.82) is 0 Å². The first kappa shape index (κ1) is 18.8. The number of benzene rings is 1. The van der Waals surface area contributed by atoms with E-state index >= 15 is 0 Å². The number of hydrogen-bond donors (Lipinski definition) is 2. The zero-order chi connectivity index (χ0) is 18.6. The molecule has 2 N–H and O–H groups in total. The van der Waals surface area contributed by atoms with Crippen molar-refractivity contribution in [2.75, 3.05) is 17.7 Å². The van der Waals surface area contributed by atoms with Gasteiger partial charge in [0, 0.05) is 10.6 Å². The van der Waals surface area contributed by atoms with Crippen molar-refractivity contribution >= 4 is 29.2 Å². The molecular formula is C15H15F3N4O2S. The summed E-state index contributed by atoms with van der Waals surface area (Å²) >= 11 is -0.218. The molecule has 0 bridgehead atoms. The van der Waals surface area contributed by atoms with E-state index in [4.69, 9.17) is 4.74 Å². The molecule has 1 heterocycles. The fourth-order valence-corrected chi connectivity index (χ4v) is 2.51. The maximum atomic E-state index is 12.3. The van der Waals surface area contributed by atoms with Crippen LogP contribution in [0, 0.1) is 13.8 Å². The van der Waals surface area contributed by atoms with Gasteiger partial charge in [0.15, 0.2) is 0 Å². The highest BCUT2D eigenvalue weighted by Gasteiger charge is 2.29. The van der Waals surface area contributed by atoms with Crippen LogP contribution in [0.5, 0.6) is 6.01 Å². The lowest BCUT2D eigenvalue weighted by Crippen LogP contribution is -2.21. The average Bonchev–Trinajstić information content (AvgIpc) is 2.51. The molecule has 1 aromatic carbocycles. The molecule has 0 atom stereocenters. The first-order valence-corrected chi connectivity index (χ1v) is 7.82. The third-order valence-corrected chi connectivity index (χ3v) is 3.76. The molecule has 2 aromatic rings. The van der Waals surface area contributed by atoms with Crippen LogP contribution in [-0.4, -0.2) is 28.6 Å². The van der Waals surface area contributed by atoms with Crippen LogP contribution in [0.15, 0.2) is 29.2 Å². The number of methoxy groups -OCH3 is 1. The van der Waals surface area contributed by atoms with Crippen molar-refractivity contribution in [3.8, 4) is 6.01 Å². The van der Waals surface area contributed by atoms with Gasteiger partial charge in [-0.25, -0.2) is 4.79 Å². The molecule has 0 fully saturated rings. The lowest BCUT2D eigenvalue weighted by molar-refractivity contribution is -0.0328. The molecule has 134 valence electrons. The summed E-state index contributed by atoms with van der Waals surface area (Å²) in [6.07, 6.45) is 0. The Kier molecular flexibility index (Phi) is 5.73. The summed E-state index contributed by atoms with van der Waals surface area (Å²) in [6, 6.07) is 4.96. The number of rotatable bonds is 4. The number of amides is 2. The predicted molar refractivity (Wildman–Crippen MR) is 89.1 cm³/mol. The van der Waals surface area contributed by atoms with Crippen LogP contribution in [0.1, 0.15) is 11.4 Å². The number of aryl methyl sites for hydroxylation is 2. The summed E-state index contributed by atoms with van der Waals surface area (Å²) in [7, 11) is 1.44. The minimum absolute atomic E-state index is 0.0358. The first-order chi connectivity index (χ1) is 11.7. The molecule has 0 unspecified atom stereocenters. The van der Waals surface area contributed by atoms with Crippen LogP contribution in [0.4, 0.5) is 29.3 Å². The summed E-state index contributed by atoms with van der Waals surface area (Å²) in [4.78, 5) is 20.2. The summed E-state index contributed by atoms with van der Waals surface area (Å²) in [5, 5.41) is 5.15.